The van der Waals surface area contributed by atoms with E-state index in [9.17, 15) is 9.18 Å². The molecule has 2 rings (SSSR count). The Morgan fingerprint density at radius 2 is 1.85 bits per heavy atom. The monoisotopic (exact) mass is 291 g/mol. The number of para-hydroxylation sites is 1. The standard InChI is InChI=1S/C16H15ClFNO/c1-16(2,11-6-5-7-12(17)10-11)15(20)19-14-9-4-3-8-13(14)18/h3-10H,1-2H3,(H,19,20). The van der Waals surface area contributed by atoms with Crippen LogP contribution in [-0.2, 0) is 10.2 Å². The molecular weight excluding hydrogens is 277 g/mol. The predicted molar refractivity (Wildman–Crippen MR) is 79.5 cm³/mol. The van der Waals surface area contributed by atoms with E-state index >= 15 is 0 Å². The Labute approximate surface area is 122 Å². The van der Waals surface area contributed by atoms with Crippen LogP contribution in [0, 0.1) is 5.82 Å². The number of carbonyl (C=O) groups is 1. The fourth-order valence-electron chi connectivity index (χ4n) is 1.85. The first kappa shape index (κ1) is 14.5. The highest BCUT2D eigenvalue weighted by molar-refractivity contribution is 6.30. The van der Waals surface area contributed by atoms with Crippen LogP contribution in [0.1, 0.15) is 19.4 Å². The largest absolute Gasteiger partial charge is 0.323 e. The first-order valence-electron chi connectivity index (χ1n) is 6.23. The summed E-state index contributed by atoms with van der Waals surface area (Å²) in [5.74, 6) is -0.743. The first-order chi connectivity index (χ1) is 9.41. The van der Waals surface area contributed by atoms with Gasteiger partial charge >= 0.3 is 0 Å². The molecule has 0 bridgehead atoms. The fourth-order valence-corrected chi connectivity index (χ4v) is 2.04. The van der Waals surface area contributed by atoms with Gasteiger partial charge in [0.25, 0.3) is 0 Å². The normalized spacial score (nSPS) is 11.2. The number of amides is 1. The number of carbonyl (C=O) groups excluding carboxylic acids is 1. The quantitative estimate of drug-likeness (QED) is 0.892. The molecule has 1 N–H and O–H groups in total. The Balaban J connectivity index is 2.26. The molecule has 0 atom stereocenters. The minimum absolute atomic E-state index is 0.174. The van der Waals surface area contributed by atoms with Crippen LogP contribution in [0.5, 0.6) is 0 Å². The Kier molecular flexibility index (Phi) is 4.09. The smallest absolute Gasteiger partial charge is 0.234 e. The van der Waals surface area contributed by atoms with Crippen molar-refractivity contribution in [2.24, 2.45) is 0 Å². The van der Waals surface area contributed by atoms with Crippen molar-refractivity contribution in [3.05, 3.63) is 64.9 Å². The van der Waals surface area contributed by atoms with Crippen molar-refractivity contribution in [3.8, 4) is 0 Å². The van der Waals surface area contributed by atoms with Crippen LogP contribution in [-0.4, -0.2) is 5.91 Å². The molecule has 0 heterocycles. The predicted octanol–water partition coefficient (Wildman–Crippen LogP) is 4.40. The lowest BCUT2D eigenvalue weighted by Crippen LogP contribution is -2.35. The van der Waals surface area contributed by atoms with E-state index in [-0.39, 0.29) is 11.6 Å². The summed E-state index contributed by atoms with van der Waals surface area (Å²) >= 11 is 5.95. The van der Waals surface area contributed by atoms with Crippen molar-refractivity contribution in [2.75, 3.05) is 5.32 Å². The Morgan fingerprint density at radius 1 is 1.15 bits per heavy atom. The van der Waals surface area contributed by atoms with E-state index in [1.54, 1.807) is 44.2 Å². The molecule has 0 aromatic heterocycles. The van der Waals surface area contributed by atoms with Crippen molar-refractivity contribution in [3.63, 3.8) is 0 Å². The average molecular weight is 292 g/mol. The molecule has 4 heteroatoms. The molecule has 20 heavy (non-hydrogen) atoms. The molecule has 2 aromatic rings. The molecule has 2 nitrogen and oxygen atoms in total. The molecule has 0 aliphatic carbocycles. The highest BCUT2D eigenvalue weighted by Crippen LogP contribution is 2.27. The van der Waals surface area contributed by atoms with Gasteiger partial charge in [0.05, 0.1) is 11.1 Å². The van der Waals surface area contributed by atoms with Gasteiger partial charge in [0, 0.05) is 5.02 Å². The number of hydrogen-bond donors (Lipinski definition) is 1. The lowest BCUT2D eigenvalue weighted by Gasteiger charge is -2.24. The van der Waals surface area contributed by atoms with E-state index in [2.05, 4.69) is 5.32 Å². The fraction of sp³-hybridized carbons (Fsp3) is 0.188. The number of benzene rings is 2. The van der Waals surface area contributed by atoms with Gasteiger partial charge in [-0.15, -0.1) is 0 Å². The van der Waals surface area contributed by atoms with Gasteiger partial charge in [-0.1, -0.05) is 35.9 Å². The number of rotatable bonds is 3. The van der Waals surface area contributed by atoms with Gasteiger partial charge in [0.15, 0.2) is 0 Å². The Bertz CT molecular complexity index is 640. The average Bonchev–Trinajstić information content (AvgIpc) is 2.41. The van der Waals surface area contributed by atoms with Crippen LogP contribution in [0.4, 0.5) is 10.1 Å². The highest BCUT2D eigenvalue weighted by atomic mass is 35.5. The molecule has 0 saturated heterocycles. The molecule has 1 amide bonds. The number of anilines is 1. The molecule has 0 aliphatic rings. The van der Waals surface area contributed by atoms with Gasteiger partial charge < -0.3 is 5.32 Å². The zero-order valence-electron chi connectivity index (χ0n) is 11.3. The van der Waals surface area contributed by atoms with Crippen molar-refractivity contribution in [1.29, 1.82) is 0 Å². The summed E-state index contributed by atoms with van der Waals surface area (Å²) in [6, 6.07) is 13.2. The number of halogens is 2. The topological polar surface area (TPSA) is 29.1 Å². The summed E-state index contributed by atoms with van der Waals surface area (Å²) in [6.07, 6.45) is 0. The van der Waals surface area contributed by atoms with Gasteiger partial charge in [-0.25, -0.2) is 4.39 Å². The maximum atomic E-state index is 13.6. The van der Waals surface area contributed by atoms with Crippen LogP contribution < -0.4 is 5.32 Å². The summed E-state index contributed by atoms with van der Waals surface area (Å²) in [6.45, 7) is 3.55. The van der Waals surface area contributed by atoms with Gasteiger partial charge in [-0.05, 0) is 43.7 Å². The molecule has 0 fully saturated rings. The number of hydrogen-bond acceptors (Lipinski definition) is 1. The minimum atomic E-state index is -0.812. The summed E-state index contributed by atoms with van der Waals surface area (Å²) in [4.78, 5) is 12.4. The molecule has 0 aliphatic heterocycles. The molecule has 0 saturated carbocycles. The van der Waals surface area contributed by atoms with Crippen molar-refractivity contribution in [1.82, 2.24) is 0 Å². The van der Waals surface area contributed by atoms with Crippen molar-refractivity contribution < 1.29 is 9.18 Å². The third-order valence-corrected chi connectivity index (χ3v) is 3.47. The molecule has 0 radical (unpaired) electrons. The molecule has 0 unspecified atom stereocenters. The van der Waals surface area contributed by atoms with Gasteiger partial charge in [-0.2, -0.15) is 0 Å². The summed E-state index contributed by atoms with van der Waals surface area (Å²) in [5.41, 5.74) is 0.138. The van der Waals surface area contributed by atoms with E-state index in [4.69, 9.17) is 11.6 Å². The van der Waals surface area contributed by atoms with E-state index in [0.717, 1.165) is 5.56 Å². The second-order valence-electron chi connectivity index (χ2n) is 5.07. The Morgan fingerprint density at radius 3 is 2.50 bits per heavy atom. The van der Waals surface area contributed by atoms with Gasteiger partial charge in [0.1, 0.15) is 5.82 Å². The van der Waals surface area contributed by atoms with E-state index in [1.165, 1.54) is 12.1 Å². The minimum Gasteiger partial charge on any atom is -0.323 e. The van der Waals surface area contributed by atoms with Crippen molar-refractivity contribution >= 4 is 23.2 Å². The van der Waals surface area contributed by atoms with E-state index in [1.807, 2.05) is 6.07 Å². The number of nitrogens with one attached hydrogen (secondary N) is 1. The summed E-state index contributed by atoms with van der Waals surface area (Å²) in [5, 5.41) is 3.18. The van der Waals surface area contributed by atoms with Crippen LogP contribution in [0.15, 0.2) is 48.5 Å². The van der Waals surface area contributed by atoms with Gasteiger partial charge in [-0.3, -0.25) is 4.79 Å². The lowest BCUT2D eigenvalue weighted by molar-refractivity contribution is -0.120. The SMILES string of the molecule is CC(C)(C(=O)Nc1ccccc1F)c1cccc(Cl)c1. The third-order valence-electron chi connectivity index (χ3n) is 3.24. The third kappa shape index (κ3) is 2.99. The van der Waals surface area contributed by atoms with Crippen LogP contribution in [0.3, 0.4) is 0 Å². The zero-order chi connectivity index (χ0) is 14.8. The second kappa shape index (κ2) is 5.63. The lowest BCUT2D eigenvalue weighted by atomic mass is 9.83. The van der Waals surface area contributed by atoms with E-state index < -0.39 is 11.2 Å². The molecule has 104 valence electrons. The molecular formula is C16H15ClFNO. The maximum absolute atomic E-state index is 13.6. The highest BCUT2D eigenvalue weighted by Gasteiger charge is 2.30. The van der Waals surface area contributed by atoms with Crippen molar-refractivity contribution in [2.45, 2.75) is 19.3 Å². The maximum Gasteiger partial charge on any atom is 0.234 e. The Hall–Kier alpha value is -1.87. The van der Waals surface area contributed by atoms with Crippen LogP contribution in [0.2, 0.25) is 5.02 Å². The van der Waals surface area contributed by atoms with E-state index in [0.29, 0.717) is 5.02 Å². The first-order valence-corrected chi connectivity index (χ1v) is 6.61. The zero-order valence-corrected chi connectivity index (χ0v) is 12.0. The summed E-state index contributed by atoms with van der Waals surface area (Å²) in [7, 11) is 0. The van der Waals surface area contributed by atoms with Crippen LogP contribution >= 0.6 is 11.6 Å². The van der Waals surface area contributed by atoms with Crippen LogP contribution in [0.25, 0.3) is 0 Å². The second-order valence-corrected chi connectivity index (χ2v) is 5.51. The molecule has 0 spiro atoms. The molecule has 2 aromatic carbocycles. The summed E-state index contributed by atoms with van der Waals surface area (Å²) < 4.78 is 13.6. The van der Waals surface area contributed by atoms with Gasteiger partial charge in [0.2, 0.25) is 5.91 Å².